The Balaban J connectivity index is 1.69. The third-order valence-electron chi connectivity index (χ3n) is 4.75. The molecule has 0 saturated carbocycles. The molecule has 3 amide bonds. The molecular formula is C23H27N5O4S. The lowest BCUT2D eigenvalue weighted by Gasteiger charge is -2.18. The highest BCUT2D eigenvalue weighted by molar-refractivity contribution is 7.20. The van der Waals surface area contributed by atoms with Gasteiger partial charge in [0, 0.05) is 23.7 Å². The second kappa shape index (κ2) is 11.8. The summed E-state index contributed by atoms with van der Waals surface area (Å²) in [5.74, 6) is 0.958. The van der Waals surface area contributed by atoms with Gasteiger partial charge < -0.3 is 20.1 Å². The molecule has 4 N–H and O–H groups in total. The maximum absolute atomic E-state index is 12.3. The number of thiophene rings is 1. The summed E-state index contributed by atoms with van der Waals surface area (Å²) in [5.41, 5.74) is 6.64. The fourth-order valence-corrected chi connectivity index (χ4v) is 4.01. The van der Waals surface area contributed by atoms with E-state index in [1.165, 1.54) is 17.5 Å². The molecule has 0 radical (unpaired) electrons. The number of hydrogen-bond acceptors (Lipinski definition) is 7. The van der Waals surface area contributed by atoms with Crippen molar-refractivity contribution in [1.82, 2.24) is 9.88 Å². The summed E-state index contributed by atoms with van der Waals surface area (Å²) >= 11 is 1.25. The first-order chi connectivity index (χ1) is 16.0. The minimum Gasteiger partial charge on any atom is -0.492 e. The molecule has 3 aromatic rings. The predicted octanol–water partition coefficient (Wildman–Crippen LogP) is 4.63. The minimum atomic E-state index is -0.752. The van der Waals surface area contributed by atoms with Gasteiger partial charge in [0.1, 0.15) is 17.4 Å². The number of nitrogens with one attached hydrogen (secondary N) is 2. The van der Waals surface area contributed by atoms with Gasteiger partial charge in [-0.25, -0.2) is 9.59 Å². The Hall–Kier alpha value is -3.63. The van der Waals surface area contributed by atoms with E-state index >= 15 is 0 Å². The fourth-order valence-electron chi connectivity index (χ4n) is 3.02. The van der Waals surface area contributed by atoms with Gasteiger partial charge in [-0.2, -0.15) is 0 Å². The van der Waals surface area contributed by atoms with Gasteiger partial charge in [0.25, 0.3) is 0 Å². The average molecular weight is 470 g/mol. The molecule has 33 heavy (non-hydrogen) atoms. The summed E-state index contributed by atoms with van der Waals surface area (Å²) in [6.45, 7) is 7.70. The van der Waals surface area contributed by atoms with Crippen LogP contribution in [0.5, 0.6) is 11.5 Å². The lowest BCUT2D eigenvalue weighted by atomic mass is 10.2. The highest BCUT2D eigenvalue weighted by Crippen LogP contribution is 2.41. The van der Waals surface area contributed by atoms with Crippen LogP contribution in [-0.4, -0.2) is 48.2 Å². The lowest BCUT2D eigenvalue weighted by Crippen LogP contribution is -2.27. The molecule has 0 bridgehead atoms. The quantitative estimate of drug-likeness (QED) is 0.398. The number of pyridine rings is 1. The molecule has 2 aromatic heterocycles. The molecule has 0 aliphatic heterocycles. The first kappa shape index (κ1) is 24.0. The maximum atomic E-state index is 12.3. The number of benzene rings is 1. The molecular weight excluding hydrogens is 442 g/mol. The summed E-state index contributed by atoms with van der Waals surface area (Å²) in [5, 5.41) is 5.42. The van der Waals surface area contributed by atoms with Gasteiger partial charge in [0.2, 0.25) is 0 Å². The van der Waals surface area contributed by atoms with Crippen molar-refractivity contribution >= 4 is 34.1 Å². The predicted molar refractivity (Wildman–Crippen MR) is 130 cm³/mol. The molecule has 9 nitrogen and oxygen atoms in total. The number of anilines is 2. The van der Waals surface area contributed by atoms with E-state index in [2.05, 4.69) is 34.4 Å². The van der Waals surface area contributed by atoms with Gasteiger partial charge in [-0.05, 0) is 55.1 Å². The second-order valence-corrected chi connectivity index (χ2v) is 8.00. The topological polar surface area (TPSA) is 119 Å². The molecule has 0 aliphatic rings. The van der Waals surface area contributed by atoms with E-state index in [-0.39, 0.29) is 5.75 Å². The van der Waals surface area contributed by atoms with Crippen molar-refractivity contribution in [2.24, 2.45) is 5.73 Å². The zero-order valence-corrected chi connectivity index (χ0v) is 19.4. The van der Waals surface area contributed by atoms with Crippen LogP contribution >= 0.6 is 11.3 Å². The fraction of sp³-hybridized carbons (Fsp3) is 0.261. The summed E-state index contributed by atoms with van der Waals surface area (Å²) in [6.07, 6.45) is 2.38. The van der Waals surface area contributed by atoms with Crippen molar-refractivity contribution in [2.45, 2.75) is 13.8 Å². The molecule has 2 heterocycles. The van der Waals surface area contributed by atoms with Crippen molar-refractivity contribution in [2.75, 3.05) is 36.9 Å². The van der Waals surface area contributed by atoms with E-state index < -0.39 is 12.1 Å². The van der Waals surface area contributed by atoms with Crippen molar-refractivity contribution in [1.29, 1.82) is 0 Å². The molecule has 0 aliphatic carbocycles. The van der Waals surface area contributed by atoms with Crippen molar-refractivity contribution in [3.8, 4) is 21.9 Å². The van der Waals surface area contributed by atoms with E-state index in [1.54, 1.807) is 24.4 Å². The Labute approximate surface area is 196 Å². The number of ether oxygens (including phenoxy) is 2. The summed E-state index contributed by atoms with van der Waals surface area (Å²) in [6, 6.07) is 11.9. The van der Waals surface area contributed by atoms with Crippen LogP contribution in [0.3, 0.4) is 0 Å². The Morgan fingerprint density at radius 1 is 1.12 bits per heavy atom. The van der Waals surface area contributed by atoms with Crippen LogP contribution in [0.2, 0.25) is 0 Å². The molecule has 10 heteroatoms. The monoisotopic (exact) mass is 469 g/mol. The number of urea groups is 1. The van der Waals surface area contributed by atoms with Crippen LogP contribution < -0.4 is 25.8 Å². The second-order valence-electron chi connectivity index (χ2n) is 6.95. The van der Waals surface area contributed by atoms with Crippen LogP contribution in [0, 0.1) is 0 Å². The average Bonchev–Trinajstić information content (AvgIpc) is 3.19. The van der Waals surface area contributed by atoms with Gasteiger partial charge in [0.15, 0.2) is 5.75 Å². The van der Waals surface area contributed by atoms with Gasteiger partial charge in [-0.3, -0.25) is 15.6 Å². The Kier molecular flexibility index (Phi) is 8.62. The van der Waals surface area contributed by atoms with Gasteiger partial charge in [-0.15, -0.1) is 11.3 Å². The Bertz CT molecular complexity index is 1050. The lowest BCUT2D eigenvalue weighted by molar-refractivity contribution is 0.215. The standard InChI is InChI=1S/C23H27N5O4S/c1-3-28(4-2)12-13-31-18-9-7-16(8-10-18)20-14-19(21(33-20)27-22(24)29)32-23(30)26-17-6-5-11-25-15-17/h5-11,14-15H,3-4,12-13H2,1-2H3,(H,26,30)(H3,24,27,29). The number of nitrogens with two attached hydrogens (primary N) is 1. The maximum Gasteiger partial charge on any atom is 0.417 e. The molecule has 0 spiro atoms. The number of amides is 3. The molecule has 0 saturated heterocycles. The number of carbonyl (C=O) groups is 2. The zero-order valence-electron chi connectivity index (χ0n) is 18.5. The van der Waals surface area contributed by atoms with Gasteiger partial charge >= 0.3 is 12.1 Å². The highest BCUT2D eigenvalue weighted by Gasteiger charge is 2.17. The van der Waals surface area contributed by atoms with Crippen LogP contribution in [0.1, 0.15) is 13.8 Å². The zero-order chi connectivity index (χ0) is 23.6. The Morgan fingerprint density at radius 3 is 2.52 bits per heavy atom. The number of carbonyl (C=O) groups excluding carboxylic acids is 2. The van der Waals surface area contributed by atoms with Crippen LogP contribution in [0.15, 0.2) is 54.9 Å². The highest BCUT2D eigenvalue weighted by atomic mass is 32.1. The number of hydrogen-bond donors (Lipinski definition) is 3. The number of aromatic nitrogens is 1. The molecule has 0 unspecified atom stereocenters. The Morgan fingerprint density at radius 2 is 1.88 bits per heavy atom. The first-order valence-electron chi connectivity index (χ1n) is 10.5. The van der Waals surface area contributed by atoms with Crippen LogP contribution in [0.4, 0.5) is 20.3 Å². The van der Waals surface area contributed by atoms with Crippen molar-refractivity contribution in [3.63, 3.8) is 0 Å². The molecule has 1 aromatic carbocycles. The van der Waals surface area contributed by atoms with Crippen LogP contribution in [-0.2, 0) is 0 Å². The van der Waals surface area contributed by atoms with E-state index in [0.717, 1.165) is 35.8 Å². The van der Waals surface area contributed by atoms with Crippen molar-refractivity contribution < 1.29 is 19.1 Å². The SMILES string of the molecule is CCN(CC)CCOc1ccc(-c2cc(OC(=O)Nc3cccnc3)c(NC(N)=O)s2)cc1. The number of nitrogens with zero attached hydrogens (tertiary/aromatic N) is 2. The summed E-state index contributed by atoms with van der Waals surface area (Å²) < 4.78 is 11.2. The van der Waals surface area contributed by atoms with E-state index in [9.17, 15) is 9.59 Å². The molecule has 174 valence electrons. The minimum absolute atomic E-state index is 0.190. The third-order valence-corrected chi connectivity index (χ3v) is 5.84. The largest absolute Gasteiger partial charge is 0.492 e. The van der Waals surface area contributed by atoms with Gasteiger partial charge in [-0.1, -0.05) is 13.8 Å². The van der Waals surface area contributed by atoms with Gasteiger partial charge in [0.05, 0.1) is 11.9 Å². The third kappa shape index (κ3) is 7.19. The number of primary amides is 1. The van der Waals surface area contributed by atoms with E-state index in [4.69, 9.17) is 15.2 Å². The summed E-state index contributed by atoms with van der Waals surface area (Å²) in [4.78, 5) is 30.7. The van der Waals surface area contributed by atoms with E-state index in [0.29, 0.717) is 17.3 Å². The number of rotatable bonds is 10. The molecule has 0 fully saturated rings. The van der Waals surface area contributed by atoms with E-state index in [1.807, 2.05) is 24.3 Å². The van der Waals surface area contributed by atoms with Crippen LogP contribution in [0.25, 0.3) is 10.4 Å². The number of likely N-dealkylation sites (N-methyl/N-ethyl adjacent to an activating group) is 1. The smallest absolute Gasteiger partial charge is 0.417 e. The molecule has 0 atom stereocenters. The normalized spacial score (nSPS) is 10.6. The first-order valence-corrected chi connectivity index (χ1v) is 11.3. The van der Waals surface area contributed by atoms with Crippen molar-refractivity contribution in [3.05, 3.63) is 54.9 Å². The summed E-state index contributed by atoms with van der Waals surface area (Å²) in [7, 11) is 0. The molecule has 3 rings (SSSR count).